The van der Waals surface area contributed by atoms with Crippen LogP contribution in [-0.2, 0) is 6.42 Å². The summed E-state index contributed by atoms with van der Waals surface area (Å²) in [4.78, 5) is 1.38. The Balaban J connectivity index is 1.70. The van der Waals surface area contributed by atoms with Crippen LogP contribution in [0.1, 0.15) is 28.7 Å². The average Bonchev–Trinajstić information content (AvgIpc) is 3.15. The maximum absolute atomic E-state index is 5.90. The molecule has 2 unspecified atom stereocenters. The van der Waals surface area contributed by atoms with Crippen molar-refractivity contribution in [2.24, 2.45) is 5.84 Å². The number of nitrogens with one attached hydrogen (secondary N) is 1. The first-order valence-corrected chi connectivity index (χ1v) is 8.29. The molecule has 3 nitrogen and oxygen atoms in total. The second kappa shape index (κ2) is 5.37. The van der Waals surface area contributed by atoms with Gasteiger partial charge in [-0.05, 0) is 28.8 Å². The molecule has 0 bridgehead atoms. The summed E-state index contributed by atoms with van der Waals surface area (Å²) in [7, 11) is 0. The molecular formula is C17H18N2OS. The average molecular weight is 298 g/mol. The fourth-order valence-corrected chi connectivity index (χ4v) is 4.60. The lowest BCUT2D eigenvalue weighted by atomic mass is 9.88. The van der Waals surface area contributed by atoms with Crippen molar-refractivity contribution in [1.82, 2.24) is 5.43 Å². The van der Waals surface area contributed by atoms with Gasteiger partial charge in [0.25, 0.3) is 0 Å². The highest BCUT2D eigenvalue weighted by molar-refractivity contribution is 7.99. The van der Waals surface area contributed by atoms with Crippen molar-refractivity contribution in [3.05, 3.63) is 59.2 Å². The van der Waals surface area contributed by atoms with Gasteiger partial charge in [0.05, 0.1) is 12.6 Å². The Morgan fingerprint density at radius 2 is 2.14 bits per heavy atom. The number of benzene rings is 2. The molecule has 4 rings (SSSR count). The van der Waals surface area contributed by atoms with Crippen LogP contribution in [-0.4, -0.2) is 12.4 Å². The van der Waals surface area contributed by atoms with Gasteiger partial charge in [-0.2, -0.15) is 0 Å². The number of ether oxygens (including phenoxy) is 1. The second-order valence-corrected chi connectivity index (χ2v) is 6.63. The highest BCUT2D eigenvalue weighted by Crippen LogP contribution is 2.45. The monoisotopic (exact) mass is 298 g/mol. The van der Waals surface area contributed by atoms with E-state index in [1.54, 1.807) is 0 Å². The number of hydrazine groups is 1. The van der Waals surface area contributed by atoms with Gasteiger partial charge in [0.15, 0.2) is 0 Å². The van der Waals surface area contributed by atoms with Crippen molar-refractivity contribution in [3.8, 4) is 5.75 Å². The molecule has 2 aromatic carbocycles. The molecule has 0 spiro atoms. The van der Waals surface area contributed by atoms with Crippen LogP contribution >= 0.6 is 11.8 Å². The molecule has 0 aromatic heterocycles. The lowest BCUT2D eigenvalue weighted by Gasteiger charge is -2.24. The molecular weight excluding hydrogens is 280 g/mol. The minimum Gasteiger partial charge on any atom is -0.493 e. The van der Waals surface area contributed by atoms with Crippen LogP contribution in [0.4, 0.5) is 0 Å². The van der Waals surface area contributed by atoms with Crippen molar-refractivity contribution >= 4 is 11.8 Å². The normalized spacial score (nSPS) is 20.7. The lowest BCUT2D eigenvalue weighted by Crippen LogP contribution is -2.32. The van der Waals surface area contributed by atoms with Crippen LogP contribution in [0.15, 0.2) is 47.4 Å². The largest absolute Gasteiger partial charge is 0.493 e. The van der Waals surface area contributed by atoms with E-state index in [-0.39, 0.29) is 6.04 Å². The first-order chi connectivity index (χ1) is 10.4. The van der Waals surface area contributed by atoms with Gasteiger partial charge in [-0.15, -0.1) is 11.8 Å². The minimum absolute atomic E-state index is 0.145. The van der Waals surface area contributed by atoms with Crippen molar-refractivity contribution in [2.45, 2.75) is 23.3 Å². The minimum atomic E-state index is 0.145. The molecule has 2 aliphatic heterocycles. The predicted octanol–water partition coefficient (Wildman–Crippen LogP) is 3.02. The van der Waals surface area contributed by atoms with Gasteiger partial charge in [0, 0.05) is 23.0 Å². The molecule has 2 aliphatic rings. The van der Waals surface area contributed by atoms with E-state index in [9.17, 15) is 0 Å². The van der Waals surface area contributed by atoms with Gasteiger partial charge >= 0.3 is 0 Å². The van der Waals surface area contributed by atoms with Gasteiger partial charge in [-0.3, -0.25) is 11.3 Å². The van der Waals surface area contributed by atoms with Gasteiger partial charge in [-0.25, -0.2) is 0 Å². The van der Waals surface area contributed by atoms with E-state index in [2.05, 4.69) is 47.9 Å². The van der Waals surface area contributed by atoms with Gasteiger partial charge in [-0.1, -0.05) is 30.3 Å². The number of fused-ring (bicyclic) bond motifs is 2. The molecule has 2 heterocycles. The maximum Gasteiger partial charge on any atom is 0.122 e. The molecule has 0 aliphatic carbocycles. The smallest absolute Gasteiger partial charge is 0.122 e. The third kappa shape index (κ3) is 2.24. The molecule has 2 atom stereocenters. The Hall–Kier alpha value is -1.49. The first-order valence-electron chi connectivity index (χ1n) is 7.30. The topological polar surface area (TPSA) is 47.3 Å². The van der Waals surface area contributed by atoms with Gasteiger partial charge in [0.2, 0.25) is 0 Å². The molecule has 0 amide bonds. The van der Waals surface area contributed by atoms with Crippen molar-refractivity contribution < 1.29 is 4.74 Å². The molecule has 108 valence electrons. The van der Waals surface area contributed by atoms with E-state index in [1.807, 2.05) is 11.8 Å². The van der Waals surface area contributed by atoms with Crippen molar-refractivity contribution in [2.75, 3.05) is 12.4 Å². The van der Waals surface area contributed by atoms with Gasteiger partial charge in [0.1, 0.15) is 5.75 Å². The summed E-state index contributed by atoms with van der Waals surface area (Å²) in [5.74, 6) is 8.40. The van der Waals surface area contributed by atoms with E-state index in [4.69, 9.17) is 10.6 Å². The Morgan fingerprint density at radius 3 is 3.05 bits per heavy atom. The summed E-state index contributed by atoms with van der Waals surface area (Å²) < 4.78 is 5.59. The fraction of sp³-hybridized carbons (Fsp3) is 0.294. The van der Waals surface area contributed by atoms with Gasteiger partial charge < -0.3 is 4.74 Å². The molecule has 0 saturated heterocycles. The Kier molecular flexibility index (Phi) is 3.37. The van der Waals surface area contributed by atoms with E-state index in [1.165, 1.54) is 21.6 Å². The summed E-state index contributed by atoms with van der Waals surface area (Å²) >= 11 is 1.92. The molecule has 0 saturated carbocycles. The van der Waals surface area contributed by atoms with Crippen LogP contribution in [0.2, 0.25) is 0 Å². The van der Waals surface area contributed by atoms with E-state index in [0.717, 1.165) is 24.5 Å². The maximum atomic E-state index is 5.90. The zero-order valence-corrected chi connectivity index (χ0v) is 12.5. The number of hydrogen-bond acceptors (Lipinski definition) is 4. The zero-order chi connectivity index (χ0) is 14.2. The predicted molar refractivity (Wildman–Crippen MR) is 85.6 cm³/mol. The van der Waals surface area contributed by atoms with Crippen molar-refractivity contribution in [1.29, 1.82) is 0 Å². The second-order valence-electron chi connectivity index (χ2n) is 5.57. The highest BCUT2D eigenvalue weighted by atomic mass is 32.2. The van der Waals surface area contributed by atoms with Crippen molar-refractivity contribution in [3.63, 3.8) is 0 Å². The highest BCUT2D eigenvalue weighted by Gasteiger charge is 2.31. The Bertz CT molecular complexity index is 674. The zero-order valence-electron chi connectivity index (χ0n) is 11.7. The summed E-state index contributed by atoms with van der Waals surface area (Å²) in [5.41, 5.74) is 6.99. The Labute approximate surface area is 128 Å². The van der Waals surface area contributed by atoms with Crippen LogP contribution in [0.5, 0.6) is 5.75 Å². The summed E-state index contributed by atoms with van der Waals surface area (Å²) in [5, 5.41) is 0. The third-order valence-electron chi connectivity index (χ3n) is 4.39. The third-order valence-corrected chi connectivity index (χ3v) is 5.60. The Morgan fingerprint density at radius 1 is 1.24 bits per heavy atom. The molecule has 2 aromatic rings. The number of thioether (sulfide) groups is 1. The van der Waals surface area contributed by atoms with Crippen LogP contribution in [0.3, 0.4) is 0 Å². The summed E-state index contributed by atoms with van der Waals surface area (Å²) in [6.45, 7) is 0.793. The van der Waals surface area contributed by atoms with Crippen LogP contribution in [0.25, 0.3) is 0 Å². The lowest BCUT2D eigenvalue weighted by molar-refractivity contribution is 0.356. The molecule has 0 radical (unpaired) electrons. The molecule has 0 fully saturated rings. The number of nitrogens with two attached hydrogens (primary N) is 1. The van der Waals surface area contributed by atoms with Crippen LogP contribution in [0, 0.1) is 0 Å². The van der Waals surface area contributed by atoms with E-state index >= 15 is 0 Å². The molecule has 21 heavy (non-hydrogen) atoms. The van der Waals surface area contributed by atoms with E-state index < -0.39 is 0 Å². The fourth-order valence-electron chi connectivity index (χ4n) is 3.31. The first kappa shape index (κ1) is 13.2. The summed E-state index contributed by atoms with van der Waals surface area (Å²) in [6, 6.07) is 15.2. The number of rotatable bonds is 3. The molecule has 3 N–H and O–H groups in total. The quantitative estimate of drug-likeness (QED) is 0.675. The summed E-state index contributed by atoms with van der Waals surface area (Å²) in [6.07, 6.45) is 0.996. The SMILES string of the molecule is NNC(c1ccc2c(c1)CCO2)C1CSc2ccccc21. The molecule has 4 heteroatoms. The van der Waals surface area contributed by atoms with Crippen LogP contribution < -0.4 is 16.0 Å². The standard InChI is InChI=1S/C17H18N2OS/c18-19-17(12-5-6-15-11(9-12)7-8-20-15)14-10-21-16-4-2-1-3-13(14)16/h1-6,9,14,17,19H,7-8,10,18H2. The van der Waals surface area contributed by atoms with E-state index in [0.29, 0.717) is 5.92 Å². The number of hydrogen-bond donors (Lipinski definition) is 2.